The maximum absolute atomic E-state index is 13.1. The largest absolute Gasteiger partial charge is 0.467 e. The number of hydrogen-bond acceptors (Lipinski definition) is 4. The van der Waals surface area contributed by atoms with E-state index >= 15 is 0 Å². The monoisotopic (exact) mass is 295 g/mol. The number of carbonyl (C=O) groups is 3. The molecule has 0 bridgehead atoms. The topological polar surface area (TPSA) is 72.5 Å². The van der Waals surface area contributed by atoms with Crippen molar-refractivity contribution in [1.29, 1.82) is 0 Å². The smallest absolute Gasteiger partial charge is 0.328 e. The van der Waals surface area contributed by atoms with E-state index in [1.165, 1.54) is 25.3 Å². The lowest BCUT2D eigenvalue weighted by atomic mass is 10.1. The number of Topliss-reactive ketones (excluding diaryl/α,β-unsaturated/α-hetero) is 1. The molecule has 0 radical (unpaired) electrons. The Labute approximate surface area is 122 Å². The molecule has 0 fully saturated rings. The molecule has 1 rings (SSSR count). The van der Waals surface area contributed by atoms with E-state index < -0.39 is 23.7 Å². The standard InChI is InChI=1S/C15H18FNO4/c1-3-12(18)7-8-13(15(20)21-2)17-14(19)10-5-4-6-11(16)9-10/h4-6,9,13H,3,7-8H2,1-2H3,(H,17,19)/t13-/m1/s1. The van der Waals surface area contributed by atoms with Crippen molar-refractivity contribution in [3.8, 4) is 0 Å². The lowest BCUT2D eigenvalue weighted by molar-refractivity contribution is -0.143. The predicted molar refractivity (Wildman–Crippen MR) is 74.2 cm³/mol. The Morgan fingerprint density at radius 3 is 2.62 bits per heavy atom. The minimum absolute atomic E-state index is 0.0103. The van der Waals surface area contributed by atoms with Crippen molar-refractivity contribution in [3.05, 3.63) is 35.6 Å². The molecule has 1 aromatic rings. The number of amides is 1. The van der Waals surface area contributed by atoms with Crippen LogP contribution in [-0.2, 0) is 14.3 Å². The van der Waals surface area contributed by atoms with Crippen molar-refractivity contribution in [1.82, 2.24) is 5.32 Å². The minimum atomic E-state index is -0.929. The fourth-order valence-corrected chi connectivity index (χ4v) is 1.74. The number of ketones is 1. The number of carbonyl (C=O) groups excluding carboxylic acids is 3. The molecule has 0 aliphatic carbocycles. The van der Waals surface area contributed by atoms with E-state index in [1.54, 1.807) is 6.92 Å². The Hall–Kier alpha value is -2.24. The zero-order valence-corrected chi connectivity index (χ0v) is 12.0. The van der Waals surface area contributed by atoms with Gasteiger partial charge in [0.25, 0.3) is 5.91 Å². The molecule has 0 aliphatic rings. The summed E-state index contributed by atoms with van der Waals surface area (Å²) < 4.78 is 17.7. The number of esters is 1. The molecule has 0 saturated heterocycles. The lowest BCUT2D eigenvalue weighted by Gasteiger charge is -2.16. The molecule has 1 N–H and O–H groups in total. The number of halogens is 1. The average molecular weight is 295 g/mol. The summed E-state index contributed by atoms with van der Waals surface area (Å²) in [4.78, 5) is 34.9. The molecule has 0 saturated carbocycles. The molecule has 0 heterocycles. The number of rotatable bonds is 7. The van der Waals surface area contributed by atoms with Gasteiger partial charge in [-0.1, -0.05) is 13.0 Å². The number of benzene rings is 1. The number of nitrogens with one attached hydrogen (secondary N) is 1. The van der Waals surface area contributed by atoms with Crippen LogP contribution in [0.5, 0.6) is 0 Å². The summed E-state index contributed by atoms with van der Waals surface area (Å²) in [5.74, 6) is -1.78. The van der Waals surface area contributed by atoms with Gasteiger partial charge in [0, 0.05) is 18.4 Å². The minimum Gasteiger partial charge on any atom is -0.467 e. The quantitative estimate of drug-likeness (QED) is 0.779. The average Bonchev–Trinajstić information content (AvgIpc) is 2.49. The van der Waals surface area contributed by atoms with Crippen LogP contribution in [0.2, 0.25) is 0 Å². The highest BCUT2D eigenvalue weighted by molar-refractivity contribution is 5.96. The van der Waals surface area contributed by atoms with Crippen LogP contribution in [0.3, 0.4) is 0 Å². The number of ether oxygens (including phenoxy) is 1. The van der Waals surface area contributed by atoms with Crippen molar-refractivity contribution >= 4 is 17.7 Å². The van der Waals surface area contributed by atoms with Gasteiger partial charge < -0.3 is 10.1 Å². The summed E-state index contributed by atoms with van der Waals surface area (Å²) in [6.45, 7) is 1.72. The predicted octanol–water partition coefficient (Wildman–Crippen LogP) is 1.86. The summed E-state index contributed by atoms with van der Waals surface area (Å²) in [6.07, 6.45) is 0.686. The van der Waals surface area contributed by atoms with Crippen LogP contribution in [0.15, 0.2) is 24.3 Å². The Kier molecular flexibility index (Phi) is 6.52. The van der Waals surface area contributed by atoms with Gasteiger partial charge in [0.15, 0.2) is 0 Å². The van der Waals surface area contributed by atoms with E-state index in [0.717, 1.165) is 6.07 Å². The van der Waals surface area contributed by atoms with Gasteiger partial charge in [-0.15, -0.1) is 0 Å². The normalized spacial score (nSPS) is 11.6. The third-order valence-corrected chi connectivity index (χ3v) is 2.98. The van der Waals surface area contributed by atoms with Crippen molar-refractivity contribution in [3.63, 3.8) is 0 Å². The van der Waals surface area contributed by atoms with Crippen molar-refractivity contribution in [2.75, 3.05) is 7.11 Å². The van der Waals surface area contributed by atoms with E-state index in [4.69, 9.17) is 0 Å². The first-order chi connectivity index (χ1) is 9.97. The van der Waals surface area contributed by atoms with Gasteiger partial charge in [-0.2, -0.15) is 0 Å². The molecule has 1 atom stereocenters. The van der Waals surface area contributed by atoms with Crippen molar-refractivity contribution in [2.45, 2.75) is 32.2 Å². The molecule has 0 spiro atoms. The summed E-state index contributed by atoms with van der Waals surface area (Å²) in [6, 6.07) is 4.19. The maximum Gasteiger partial charge on any atom is 0.328 e. The summed E-state index contributed by atoms with van der Waals surface area (Å²) in [5, 5.41) is 2.46. The van der Waals surface area contributed by atoms with Gasteiger partial charge in [-0.3, -0.25) is 9.59 Å². The number of hydrogen-bond donors (Lipinski definition) is 1. The van der Waals surface area contributed by atoms with Crippen LogP contribution >= 0.6 is 0 Å². The molecule has 5 nitrogen and oxygen atoms in total. The molecule has 0 unspecified atom stereocenters. The molecule has 1 amide bonds. The third kappa shape index (κ3) is 5.33. The fraction of sp³-hybridized carbons (Fsp3) is 0.400. The van der Waals surface area contributed by atoms with Gasteiger partial charge in [-0.05, 0) is 24.6 Å². The molecule has 1 aromatic carbocycles. The van der Waals surface area contributed by atoms with Crippen molar-refractivity contribution in [2.24, 2.45) is 0 Å². The Balaban J connectivity index is 2.73. The Morgan fingerprint density at radius 2 is 2.05 bits per heavy atom. The van der Waals surface area contributed by atoms with Crippen LogP contribution in [0, 0.1) is 5.82 Å². The fourth-order valence-electron chi connectivity index (χ4n) is 1.74. The molecule has 6 heteroatoms. The molecule has 0 aliphatic heterocycles. The van der Waals surface area contributed by atoms with Crippen LogP contribution in [0.25, 0.3) is 0 Å². The molecule has 0 aromatic heterocycles. The summed E-state index contributed by atoms with van der Waals surface area (Å²) >= 11 is 0. The van der Waals surface area contributed by atoms with E-state index in [1.807, 2.05) is 0 Å². The first kappa shape index (κ1) is 16.8. The lowest BCUT2D eigenvalue weighted by Crippen LogP contribution is -2.41. The van der Waals surface area contributed by atoms with E-state index in [-0.39, 0.29) is 24.2 Å². The number of methoxy groups -OCH3 is 1. The molecular formula is C15H18FNO4. The third-order valence-electron chi connectivity index (χ3n) is 2.98. The van der Waals surface area contributed by atoms with Gasteiger partial charge in [0.1, 0.15) is 17.6 Å². The maximum atomic E-state index is 13.1. The van der Waals surface area contributed by atoms with Gasteiger partial charge >= 0.3 is 5.97 Å². The zero-order chi connectivity index (χ0) is 15.8. The van der Waals surface area contributed by atoms with Crippen LogP contribution in [-0.4, -0.2) is 30.8 Å². The second-order valence-electron chi connectivity index (χ2n) is 4.49. The van der Waals surface area contributed by atoms with Gasteiger partial charge in [0.05, 0.1) is 7.11 Å². The first-order valence-corrected chi connectivity index (χ1v) is 6.63. The second kappa shape index (κ2) is 8.14. The molecular weight excluding hydrogens is 277 g/mol. The van der Waals surface area contributed by atoms with Crippen LogP contribution in [0.1, 0.15) is 36.5 Å². The summed E-state index contributed by atoms with van der Waals surface area (Å²) in [5.41, 5.74) is 0.103. The van der Waals surface area contributed by atoms with Crippen molar-refractivity contribution < 1.29 is 23.5 Å². The summed E-state index contributed by atoms with van der Waals surface area (Å²) in [7, 11) is 1.20. The highest BCUT2D eigenvalue weighted by Crippen LogP contribution is 2.07. The van der Waals surface area contributed by atoms with E-state index in [2.05, 4.69) is 10.1 Å². The Morgan fingerprint density at radius 1 is 1.33 bits per heavy atom. The molecule has 114 valence electrons. The Bertz CT molecular complexity index is 530. The van der Waals surface area contributed by atoms with Crippen LogP contribution in [0.4, 0.5) is 4.39 Å². The SMILES string of the molecule is CCC(=O)CC[C@@H](NC(=O)c1cccc(F)c1)C(=O)OC. The van der Waals surface area contributed by atoms with E-state index in [9.17, 15) is 18.8 Å². The van der Waals surface area contributed by atoms with Gasteiger partial charge in [0.2, 0.25) is 0 Å². The first-order valence-electron chi connectivity index (χ1n) is 6.63. The van der Waals surface area contributed by atoms with Crippen LogP contribution < -0.4 is 5.32 Å². The van der Waals surface area contributed by atoms with Gasteiger partial charge in [-0.25, -0.2) is 9.18 Å². The highest BCUT2D eigenvalue weighted by Gasteiger charge is 2.22. The second-order valence-corrected chi connectivity index (χ2v) is 4.49. The highest BCUT2D eigenvalue weighted by atomic mass is 19.1. The molecule has 21 heavy (non-hydrogen) atoms. The zero-order valence-electron chi connectivity index (χ0n) is 12.0. The van der Waals surface area contributed by atoms with E-state index in [0.29, 0.717) is 6.42 Å².